The van der Waals surface area contributed by atoms with Gasteiger partial charge < -0.3 is 10.2 Å². The van der Waals surface area contributed by atoms with Crippen LogP contribution in [-0.4, -0.2) is 43.8 Å². The second-order valence-electron chi connectivity index (χ2n) is 4.32. The van der Waals surface area contributed by atoms with Crippen molar-refractivity contribution in [3.8, 4) is 0 Å². The van der Waals surface area contributed by atoms with Gasteiger partial charge in [0, 0.05) is 19.6 Å². The van der Waals surface area contributed by atoms with E-state index in [4.69, 9.17) is 0 Å². The van der Waals surface area contributed by atoms with Gasteiger partial charge in [-0.2, -0.15) is 0 Å². The quantitative estimate of drug-likeness (QED) is 0.783. The molecule has 0 spiro atoms. The van der Waals surface area contributed by atoms with Gasteiger partial charge in [0.05, 0.1) is 0 Å². The molecule has 0 aromatic carbocycles. The van der Waals surface area contributed by atoms with E-state index in [-0.39, 0.29) is 0 Å². The minimum atomic E-state index is -0.944. The third kappa shape index (κ3) is 6.10. The lowest BCUT2D eigenvalue weighted by Crippen LogP contribution is -2.46. The topological polar surface area (TPSA) is 15.3 Å². The summed E-state index contributed by atoms with van der Waals surface area (Å²) in [5, 5.41) is 2.92. The molecular weight excluding hydrogens is 191 g/mol. The SMILES string of the molecule is CCC.CCN1CCC(F)(CNC)CC1. The van der Waals surface area contributed by atoms with Crippen molar-refractivity contribution in [1.29, 1.82) is 0 Å². The lowest BCUT2D eigenvalue weighted by Gasteiger charge is -2.35. The number of rotatable bonds is 3. The van der Waals surface area contributed by atoms with Gasteiger partial charge in [-0.15, -0.1) is 0 Å². The van der Waals surface area contributed by atoms with Crippen LogP contribution < -0.4 is 5.32 Å². The zero-order valence-corrected chi connectivity index (χ0v) is 10.8. The van der Waals surface area contributed by atoms with E-state index in [2.05, 4.69) is 31.0 Å². The highest BCUT2D eigenvalue weighted by Gasteiger charge is 2.32. The van der Waals surface area contributed by atoms with Crippen LogP contribution >= 0.6 is 0 Å². The second-order valence-corrected chi connectivity index (χ2v) is 4.32. The molecular formula is C12H27FN2. The van der Waals surface area contributed by atoms with E-state index in [9.17, 15) is 4.39 Å². The number of nitrogens with one attached hydrogen (secondary N) is 1. The van der Waals surface area contributed by atoms with Gasteiger partial charge in [0.1, 0.15) is 5.67 Å². The summed E-state index contributed by atoms with van der Waals surface area (Å²) in [6, 6.07) is 0. The first-order chi connectivity index (χ1) is 7.11. The first-order valence-corrected chi connectivity index (χ1v) is 6.17. The third-order valence-electron chi connectivity index (χ3n) is 2.69. The number of halogens is 1. The Morgan fingerprint density at radius 2 is 1.67 bits per heavy atom. The fourth-order valence-electron chi connectivity index (χ4n) is 1.76. The van der Waals surface area contributed by atoms with Crippen LogP contribution in [0.3, 0.4) is 0 Å². The fourth-order valence-corrected chi connectivity index (χ4v) is 1.76. The molecule has 1 aliphatic rings. The highest BCUT2D eigenvalue weighted by molar-refractivity contribution is 4.87. The van der Waals surface area contributed by atoms with Crippen LogP contribution in [-0.2, 0) is 0 Å². The number of hydrogen-bond acceptors (Lipinski definition) is 2. The van der Waals surface area contributed by atoms with Crippen molar-refractivity contribution in [2.75, 3.05) is 33.2 Å². The van der Waals surface area contributed by atoms with Crippen molar-refractivity contribution in [1.82, 2.24) is 10.2 Å². The molecule has 0 unspecified atom stereocenters. The second kappa shape index (κ2) is 8.05. The Labute approximate surface area is 94.2 Å². The maximum atomic E-state index is 13.8. The number of hydrogen-bond donors (Lipinski definition) is 1. The van der Waals surface area contributed by atoms with Gasteiger partial charge in [0.2, 0.25) is 0 Å². The zero-order valence-electron chi connectivity index (χ0n) is 10.8. The van der Waals surface area contributed by atoms with Crippen LogP contribution in [0.25, 0.3) is 0 Å². The molecule has 1 N–H and O–H groups in total. The Bertz CT molecular complexity index is 143. The summed E-state index contributed by atoms with van der Waals surface area (Å²) in [6.07, 6.45) is 2.61. The smallest absolute Gasteiger partial charge is 0.125 e. The van der Waals surface area contributed by atoms with Crippen molar-refractivity contribution in [2.24, 2.45) is 0 Å². The summed E-state index contributed by atoms with van der Waals surface area (Å²) in [6.45, 7) is 9.76. The summed E-state index contributed by atoms with van der Waals surface area (Å²) < 4.78 is 13.8. The van der Waals surface area contributed by atoms with Gasteiger partial charge in [-0.1, -0.05) is 27.2 Å². The molecule has 1 heterocycles. The molecule has 1 rings (SSSR count). The third-order valence-corrected chi connectivity index (χ3v) is 2.69. The van der Waals surface area contributed by atoms with Crippen LogP contribution in [0.1, 0.15) is 40.0 Å². The molecule has 1 aliphatic heterocycles. The first kappa shape index (κ1) is 14.8. The summed E-state index contributed by atoms with van der Waals surface area (Å²) in [5.74, 6) is 0. The number of likely N-dealkylation sites (tertiary alicyclic amines) is 1. The van der Waals surface area contributed by atoms with Crippen molar-refractivity contribution < 1.29 is 4.39 Å². The van der Waals surface area contributed by atoms with E-state index in [1.807, 2.05) is 7.05 Å². The average Bonchev–Trinajstić information content (AvgIpc) is 2.20. The number of piperidine rings is 1. The molecule has 0 saturated carbocycles. The van der Waals surface area contributed by atoms with Crippen molar-refractivity contribution in [3.05, 3.63) is 0 Å². The number of alkyl halides is 1. The van der Waals surface area contributed by atoms with Crippen LogP contribution in [0.15, 0.2) is 0 Å². The summed E-state index contributed by atoms with van der Waals surface area (Å²) in [5.41, 5.74) is -0.944. The standard InChI is InChI=1S/C9H19FN2.C3H8/c1-3-12-6-4-9(10,5-7-12)8-11-2;1-3-2/h11H,3-8H2,1-2H3;3H2,1-2H3. The molecule has 3 heteroatoms. The van der Waals surface area contributed by atoms with Crippen molar-refractivity contribution >= 4 is 0 Å². The van der Waals surface area contributed by atoms with E-state index in [1.54, 1.807) is 0 Å². The highest BCUT2D eigenvalue weighted by Crippen LogP contribution is 2.25. The first-order valence-electron chi connectivity index (χ1n) is 6.17. The van der Waals surface area contributed by atoms with Gasteiger partial charge in [-0.05, 0) is 26.4 Å². The van der Waals surface area contributed by atoms with Crippen LogP contribution in [0, 0.1) is 0 Å². The summed E-state index contributed by atoms with van der Waals surface area (Å²) in [4.78, 5) is 2.30. The predicted molar refractivity (Wildman–Crippen MR) is 65.1 cm³/mol. The molecule has 92 valence electrons. The molecule has 1 fully saturated rings. The predicted octanol–water partition coefficient (Wildman–Crippen LogP) is 2.45. The Balaban J connectivity index is 0.000000583. The summed E-state index contributed by atoms with van der Waals surface area (Å²) >= 11 is 0. The Morgan fingerprint density at radius 1 is 1.20 bits per heavy atom. The molecule has 15 heavy (non-hydrogen) atoms. The van der Waals surface area contributed by atoms with E-state index in [0.29, 0.717) is 19.4 Å². The lowest BCUT2D eigenvalue weighted by atomic mass is 9.93. The molecule has 0 aromatic heterocycles. The van der Waals surface area contributed by atoms with Crippen molar-refractivity contribution in [2.45, 2.75) is 45.7 Å². The molecule has 0 aromatic rings. The molecule has 2 nitrogen and oxygen atoms in total. The van der Waals surface area contributed by atoms with E-state index in [0.717, 1.165) is 19.6 Å². The number of nitrogens with zero attached hydrogens (tertiary/aromatic N) is 1. The Morgan fingerprint density at radius 3 is 2.00 bits per heavy atom. The maximum Gasteiger partial charge on any atom is 0.125 e. The van der Waals surface area contributed by atoms with Gasteiger partial charge in [0.25, 0.3) is 0 Å². The highest BCUT2D eigenvalue weighted by atomic mass is 19.1. The minimum Gasteiger partial charge on any atom is -0.317 e. The molecule has 1 saturated heterocycles. The summed E-state index contributed by atoms with van der Waals surface area (Å²) in [7, 11) is 1.81. The Kier molecular flexibility index (Phi) is 7.97. The molecule has 0 bridgehead atoms. The fraction of sp³-hybridized carbons (Fsp3) is 1.00. The van der Waals surface area contributed by atoms with Gasteiger partial charge >= 0.3 is 0 Å². The largest absolute Gasteiger partial charge is 0.317 e. The van der Waals surface area contributed by atoms with E-state index < -0.39 is 5.67 Å². The lowest BCUT2D eigenvalue weighted by molar-refractivity contribution is 0.0622. The van der Waals surface area contributed by atoms with Gasteiger partial charge in [-0.25, -0.2) is 4.39 Å². The maximum absolute atomic E-state index is 13.8. The average molecular weight is 218 g/mol. The monoisotopic (exact) mass is 218 g/mol. The molecule has 0 atom stereocenters. The zero-order chi connectivity index (χ0) is 11.7. The van der Waals surface area contributed by atoms with E-state index in [1.165, 1.54) is 6.42 Å². The minimum absolute atomic E-state index is 0.505. The molecule has 0 amide bonds. The van der Waals surface area contributed by atoms with Gasteiger partial charge in [0.15, 0.2) is 0 Å². The normalized spacial score (nSPS) is 20.6. The van der Waals surface area contributed by atoms with Crippen molar-refractivity contribution in [3.63, 3.8) is 0 Å². The van der Waals surface area contributed by atoms with Crippen LogP contribution in [0.2, 0.25) is 0 Å². The molecule has 0 radical (unpaired) electrons. The van der Waals surface area contributed by atoms with E-state index >= 15 is 0 Å². The Hall–Kier alpha value is -0.150. The van der Waals surface area contributed by atoms with Gasteiger partial charge in [-0.3, -0.25) is 0 Å². The van der Waals surface area contributed by atoms with Crippen LogP contribution in [0.4, 0.5) is 4.39 Å². The van der Waals surface area contributed by atoms with Crippen LogP contribution in [0.5, 0.6) is 0 Å². The molecule has 0 aliphatic carbocycles.